The Morgan fingerprint density at radius 1 is 1.15 bits per heavy atom. The van der Waals surface area contributed by atoms with Gasteiger partial charge >= 0.3 is 12.3 Å². The van der Waals surface area contributed by atoms with Crippen molar-refractivity contribution in [3.63, 3.8) is 0 Å². The second kappa shape index (κ2) is 10.5. The zero-order valence-corrected chi connectivity index (χ0v) is 19.0. The first-order chi connectivity index (χ1) is 15.6. The molecule has 2 aliphatic carbocycles. The molecule has 2 saturated carbocycles. The zero-order chi connectivity index (χ0) is 24.2. The normalized spacial score (nSPS) is 18.2. The maximum absolute atomic E-state index is 13.8. The number of hydrogen-bond donors (Lipinski definition) is 2. The molecular formula is C22H32F3N5O3. The van der Waals surface area contributed by atoms with E-state index in [9.17, 15) is 18.0 Å². The fraction of sp³-hybridized carbons (Fsp3) is 0.636. The number of hydrogen-bond acceptors (Lipinski definition) is 7. The van der Waals surface area contributed by atoms with Gasteiger partial charge in [-0.15, -0.1) is 0 Å². The third-order valence-electron chi connectivity index (χ3n) is 6.28. The number of carbonyl (C=O) groups excluding carboxylic acids is 1. The Hall–Kier alpha value is -2.69. The van der Waals surface area contributed by atoms with Gasteiger partial charge in [0.2, 0.25) is 5.88 Å². The molecule has 1 aromatic heterocycles. The molecule has 2 aliphatic rings. The van der Waals surface area contributed by atoms with E-state index in [0.29, 0.717) is 12.8 Å². The summed E-state index contributed by atoms with van der Waals surface area (Å²) in [5.74, 6) is 5.38. The number of hydrazine groups is 1. The van der Waals surface area contributed by atoms with Crippen LogP contribution in [-0.2, 0) is 10.9 Å². The molecule has 3 rings (SSSR count). The number of alkyl halides is 3. The predicted molar refractivity (Wildman–Crippen MR) is 117 cm³/mol. The summed E-state index contributed by atoms with van der Waals surface area (Å²) in [4.78, 5) is 17.7. The van der Waals surface area contributed by atoms with Gasteiger partial charge in [-0.25, -0.2) is 15.6 Å². The zero-order valence-electron chi connectivity index (χ0n) is 19.0. The lowest BCUT2D eigenvalue weighted by Gasteiger charge is -2.34. The van der Waals surface area contributed by atoms with E-state index in [1.54, 1.807) is 7.05 Å². The highest BCUT2D eigenvalue weighted by Crippen LogP contribution is 2.38. The van der Waals surface area contributed by atoms with Gasteiger partial charge in [0, 0.05) is 31.9 Å². The molecule has 1 amide bonds. The first-order valence-corrected chi connectivity index (χ1v) is 11.2. The highest BCUT2D eigenvalue weighted by atomic mass is 19.4. The fourth-order valence-corrected chi connectivity index (χ4v) is 3.93. The van der Waals surface area contributed by atoms with Crippen molar-refractivity contribution >= 4 is 11.8 Å². The number of carbonyl (C=O) groups is 1. The number of likely N-dealkylation sites (N-methyl/N-ethyl adjacent to an activating group) is 1. The molecule has 0 aromatic carbocycles. The Bertz CT molecular complexity index is 865. The number of pyridine rings is 1. The molecule has 0 bridgehead atoms. The van der Waals surface area contributed by atoms with E-state index in [1.165, 1.54) is 18.1 Å². The van der Waals surface area contributed by atoms with E-state index in [0.717, 1.165) is 49.6 Å². The number of aromatic nitrogens is 1. The lowest BCUT2D eigenvalue weighted by molar-refractivity contribution is -0.139. The molecule has 1 heterocycles. The average molecular weight is 472 g/mol. The minimum absolute atomic E-state index is 0.00835. The summed E-state index contributed by atoms with van der Waals surface area (Å²) in [7, 11) is 3.11. The van der Waals surface area contributed by atoms with E-state index in [2.05, 4.69) is 4.98 Å². The summed E-state index contributed by atoms with van der Waals surface area (Å²) >= 11 is 0. The van der Waals surface area contributed by atoms with Crippen molar-refractivity contribution in [2.45, 2.75) is 69.7 Å². The standard InChI is InChI=1S/C22H32F3N5O3/c1-29(15-7-6-8-15)21(31)32-13-18(30(2)27)19(26)14-11-17(22(23,24)25)20(28-12-14)33-16-9-4-3-5-10-16/h11-12,15-16H,3-10,13,26-27H2,1-2H3/b19-18-. The summed E-state index contributed by atoms with van der Waals surface area (Å²) in [6.07, 6.45) is 2.87. The molecule has 1 aromatic rings. The molecule has 8 nitrogen and oxygen atoms in total. The van der Waals surface area contributed by atoms with Crippen molar-refractivity contribution in [3.05, 3.63) is 29.1 Å². The van der Waals surface area contributed by atoms with Crippen LogP contribution in [0.15, 0.2) is 18.0 Å². The van der Waals surface area contributed by atoms with Crippen LogP contribution in [0.1, 0.15) is 62.5 Å². The van der Waals surface area contributed by atoms with Crippen LogP contribution in [0.5, 0.6) is 5.88 Å². The molecule has 0 atom stereocenters. The van der Waals surface area contributed by atoms with Crippen molar-refractivity contribution in [1.82, 2.24) is 14.9 Å². The van der Waals surface area contributed by atoms with E-state index in [-0.39, 0.29) is 35.7 Å². The lowest BCUT2D eigenvalue weighted by atomic mass is 9.92. The number of halogens is 3. The van der Waals surface area contributed by atoms with Crippen LogP contribution in [0.2, 0.25) is 0 Å². The quantitative estimate of drug-likeness (QED) is 0.459. The third kappa shape index (κ3) is 6.21. The Labute approximate surface area is 191 Å². The number of amides is 1. The Morgan fingerprint density at radius 3 is 2.36 bits per heavy atom. The summed E-state index contributed by atoms with van der Waals surface area (Å²) in [6, 6.07) is 1.03. The lowest BCUT2D eigenvalue weighted by Crippen LogP contribution is -2.42. The predicted octanol–water partition coefficient (Wildman–Crippen LogP) is 3.87. The topological polar surface area (TPSA) is 107 Å². The van der Waals surface area contributed by atoms with Gasteiger partial charge in [-0.2, -0.15) is 13.2 Å². The third-order valence-corrected chi connectivity index (χ3v) is 6.28. The molecule has 4 N–H and O–H groups in total. The van der Waals surface area contributed by atoms with Crippen molar-refractivity contribution in [2.24, 2.45) is 11.6 Å². The van der Waals surface area contributed by atoms with Crippen LogP contribution in [-0.4, -0.2) is 53.8 Å². The Morgan fingerprint density at radius 2 is 1.82 bits per heavy atom. The smallest absolute Gasteiger partial charge is 0.421 e. The van der Waals surface area contributed by atoms with E-state index >= 15 is 0 Å². The molecule has 2 fully saturated rings. The molecular weight excluding hydrogens is 439 g/mol. The van der Waals surface area contributed by atoms with Gasteiger partial charge in [-0.05, 0) is 51.0 Å². The summed E-state index contributed by atoms with van der Waals surface area (Å²) in [5.41, 5.74) is 5.24. The van der Waals surface area contributed by atoms with E-state index in [4.69, 9.17) is 21.1 Å². The fourth-order valence-electron chi connectivity index (χ4n) is 3.93. The van der Waals surface area contributed by atoms with Crippen LogP contribution < -0.4 is 16.3 Å². The Balaban J connectivity index is 1.82. The van der Waals surface area contributed by atoms with Crippen molar-refractivity contribution in [2.75, 3.05) is 20.7 Å². The molecule has 184 valence electrons. The largest absolute Gasteiger partial charge is 0.474 e. The van der Waals surface area contributed by atoms with Gasteiger partial charge in [0.05, 0.1) is 11.4 Å². The van der Waals surface area contributed by atoms with Crippen molar-refractivity contribution < 1.29 is 27.4 Å². The summed E-state index contributed by atoms with van der Waals surface area (Å²) < 4.78 is 52.2. The minimum Gasteiger partial charge on any atom is -0.474 e. The monoisotopic (exact) mass is 471 g/mol. The Kier molecular flexibility index (Phi) is 7.93. The molecule has 0 spiro atoms. The second-order valence-corrected chi connectivity index (χ2v) is 8.67. The van der Waals surface area contributed by atoms with Crippen LogP contribution in [0.3, 0.4) is 0 Å². The molecule has 33 heavy (non-hydrogen) atoms. The van der Waals surface area contributed by atoms with Crippen molar-refractivity contribution in [3.8, 4) is 5.88 Å². The number of nitrogens with two attached hydrogens (primary N) is 2. The van der Waals surface area contributed by atoms with Gasteiger partial charge < -0.3 is 25.1 Å². The maximum atomic E-state index is 13.8. The highest BCUT2D eigenvalue weighted by Gasteiger charge is 2.37. The summed E-state index contributed by atoms with van der Waals surface area (Å²) in [6.45, 7) is -0.295. The second-order valence-electron chi connectivity index (χ2n) is 8.67. The number of rotatable bonds is 7. The molecule has 0 aliphatic heterocycles. The average Bonchev–Trinajstić information content (AvgIpc) is 2.72. The molecule has 0 radical (unpaired) electrons. The minimum atomic E-state index is -4.68. The molecule has 0 unspecified atom stereocenters. The van der Waals surface area contributed by atoms with Gasteiger partial charge in [0.15, 0.2) is 0 Å². The van der Waals surface area contributed by atoms with Crippen LogP contribution in [0.4, 0.5) is 18.0 Å². The first-order valence-electron chi connectivity index (χ1n) is 11.2. The van der Waals surface area contributed by atoms with E-state index in [1.807, 2.05) is 0 Å². The summed E-state index contributed by atoms with van der Waals surface area (Å²) in [5, 5.41) is 1.12. The number of ether oxygens (including phenoxy) is 2. The van der Waals surface area contributed by atoms with Crippen LogP contribution >= 0.6 is 0 Å². The van der Waals surface area contributed by atoms with Gasteiger partial charge in [-0.1, -0.05) is 6.42 Å². The molecule has 11 heteroatoms. The van der Waals surface area contributed by atoms with Gasteiger partial charge in [0.25, 0.3) is 0 Å². The van der Waals surface area contributed by atoms with Gasteiger partial charge in [-0.3, -0.25) is 0 Å². The van der Waals surface area contributed by atoms with Crippen molar-refractivity contribution in [1.29, 1.82) is 0 Å². The first kappa shape index (κ1) is 24.9. The van der Waals surface area contributed by atoms with Gasteiger partial charge in [0.1, 0.15) is 18.3 Å². The maximum Gasteiger partial charge on any atom is 0.421 e. The van der Waals surface area contributed by atoms with Crippen LogP contribution in [0.25, 0.3) is 5.70 Å². The SMILES string of the molecule is CN(N)/C(COC(=O)N(C)C1CCC1)=C(\N)c1cnc(OC2CCCCC2)c(C(F)(F)F)c1. The van der Waals surface area contributed by atoms with Crippen LogP contribution in [0, 0.1) is 0 Å². The van der Waals surface area contributed by atoms with E-state index < -0.39 is 23.7 Å². The molecule has 0 saturated heterocycles. The highest BCUT2D eigenvalue weighted by molar-refractivity contribution is 5.70. The number of nitrogens with zero attached hydrogens (tertiary/aromatic N) is 3.